The summed E-state index contributed by atoms with van der Waals surface area (Å²) in [6.07, 6.45) is 3.08. The van der Waals surface area contributed by atoms with Crippen LogP contribution in [0, 0.1) is 6.92 Å². The molecule has 25 heavy (non-hydrogen) atoms. The summed E-state index contributed by atoms with van der Waals surface area (Å²) in [6.45, 7) is 1.88. The first-order chi connectivity index (χ1) is 11.9. The van der Waals surface area contributed by atoms with E-state index >= 15 is 0 Å². The molecule has 0 unspecified atom stereocenters. The van der Waals surface area contributed by atoms with Crippen LogP contribution in [0.1, 0.15) is 5.69 Å². The van der Waals surface area contributed by atoms with E-state index in [1.54, 1.807) is 18.3 Å². The molecular formula is C15H15N5O3S2. The summed E-state index contributed by atoms with van der Waals surface area (Å²) in [5.74, 6) is 0.918. The van der Waals surface area contributed by atoms with E-state index in [4.69, 9.17) is 9.88 Å². The molecule has 0 amide bonds. The summed E-state index contributed by atoms with van der Waals surface area (Å²) in [6, 6.07) is 6.36. The van der Waals surface area contributed by atoms with Crippen LogP contribution in [0.4, 0.5) is 10.9 Å². The van der Waals surface area contributed by atoms with Gasteiger partial charge in [0.15, 0.2) is 10.9 Å². The van der Waals surface area contributed by atoms with Gasteiger partial charge in [0, 0.05) is 0 Å². The normalized spacial score (nSPS) is 11.3. The molecule has 3 rings (SSSR count). The van der Waals surface area contributed by atoms with E-state index in [2.05, 4.69) is 20.3 Å². The van der Waals surface area contributed by atoms with Gasteiger partial charge in [-0.25, -0.2) is 18.5 Å². The van der Waals surface area contributed by atoms with Gasteiger partial charge in [0.05, 0.1) is 35.0 Å². The minimum atomic E-state index is -3.71. The van der Waals surface area contributed by atoms with E-state index in [1.165, 1.54) is 36.8 Å². The third kappa shape index (κ3) is 3.92. The molecule has 1 aromatic carbocycles. The standard InChI is InChI=1S/C15H15N5O3S2/c1-9-14(10-3-5-11(6-4-10)25(16,21)22)24-15(18-9)20-12-7-17-8-13(19-12)23-2/h3-8H,1-2H3,(H2,16,21,22)(H,18,19,20). The Balaban J connectivity index is 1.87. The van der Waals surface area contributed by atoms with E-state index in [9.17, 15) is 8.42 Å². The molecule has 0 aliphatic carbocycles. The van der Waals surface area contributed by atoms with Crippen molar-refractivity contribution in [1.82, 2.24) is 15.0 Å². The molecule has 2 heterocycles. The van der Waals surface area contributed by atoms with Crippen molar-refractivity contribution in [2.45, 2.75) is 11.8 Å². The van der Waals surface area contributed by atoms with Gasteiger partial charge < -0.3 is 10.1 Å². The van der Waals surface area contributed by atoms with Crippen molar-refractivity contribution in [2.75, 3.05) is 12.4 Å². The highest BCUT2D eigenvalue weighted by molar-refractivity contribution is 7.89. The van der Waals surface area contributed by atoms with Crippen LogP contribution in [0.2, 0.25) is 0 Å². The maximum Gasteiger partial charge on any atom is 0.238 e. The predicted molar refractivity (Wildman–Crippen MR) is 95.5 cm³/mol. The number of rotatable bonds is 5. The lowest BCUT2D eigenvalue weighted by atomic mass is 10.2. The molecule has 0 spiro atoms. The first-order valence-corrected chi connectivity index (χ1v) is 9.47. The molecule has 3 aromatic rings. The summed E-state index contributed by atoms with van der Waals surface area (Å²) < 4.78 is 27.7. The van der Waals surface area contributed by atoms with Gasteiger partial charge in [-0.3, -0.25) is 4.98 Å². The summed E-state index contributed by atoms with van der Waals surface area (Å²) in [5, 5.41) is 8.85. The second kappa shape index (κ2) is 6.75. The quantitative estimate of drug-likeness (QED) is 0.700. The average Bonchev–Trinajstić information content (AvgIpc) is 2.94. The van der Waals surface area contributed by atoms with Gasteiger partial charge in [0.2, 0.25) is 15.9 Å². The number of primary sulfonamides is 1. The second-order valence-electron chi connectivity index (χ2n) is 5.07. The number of nitrogens with zero attached hydrogens (tertiary/aromatic N) is 3. The summed E-state index contributed by atoms with van der Waals surface area (Å²) >= 11 is 1.42. The largest absolute Gasteiger partial charge is 0.480 e. The number of aryl methyl sites for hydroxylation is 1. The number of sulfonamides is 1. The highest BCUT2D eigenvalue weighted by atomic mass is 32.2. The Kier molecular flexibility index (Phi) is 4.66. The van der Waals surface area contributed by atoms with Gasteiger partial charge in [0.1, 0.15) is 0 Å². The van der Waals surface area contributed by atoms with Crippen LogP contribution in [0.15, 0.2) is 41.6 Å². The molecule has 0 saturated heterocycles. The van der Waals surface area contributed by atoms with Gasteiger partial charge in [-0.05, 0) is 24.6 Å². The molecule has 0 fully saturated rings. The molecule has 3 N–H and O–H groups in total. The highest BCUT2D eigenvalue weighted by Gasteiger charge is 2.13. The minimum absolute atomic E-state index is 0.0726. The maximum absolute atomic E-state index is 11.3. The number of hydrogen-bond donors (Lipinski definition) is 2. The maximum atomic E-state index is 11.3. The number of aromatic nitrogens is 3. The lowest BCUT2D eigenvalue weighted by molar-refractivity contribution is 0.396. The van der Waals surface area contributed by atoms with Gasteiger partial charge >= 0.3 is 0 Å². The van der Waals surface area contributed by atoms with Crippen LogP contribution in [0.25, 0.3) is 10.4 Å². The summed E-state index contributed by atoms with van der Waals surface area (Å²) in [7, 11) is -2.19. The molecule has 2 aromatic heterocycles. The van der Waals surface area contributed by atoms with Crippen molar-refractivity contribution >= 4 is 32.3 Å². The Bertz CT molecular complexity index is 1000. The average molecular weight is 377 g/mol. The van der Waals surface area contributed by atoms with Gasteiger partial charge in [0.25, 0.3) is 0 Å². The lowest BCUT2D eigenvalue weighted by Crippen LogP contribution is -2.11. The molecule has 0 atom stereocenters. The predicted octanol–water partition coefficient (Wildman–Crippen LogP) is 2.31. The zero-order chi connectivity index (χ0) is 18.0. The third-order valence-electron chi connectivity index (χ3n) is 3.30. The van der Waals surface area contributed by atoms with E-state index in [-0.39, 0.29) is 4.90 Å². The lowest BCUT2D eigenvalue weighted by Gasteiger charge is -2.03. The van der Waals surface area contributed by atoms with E-state index < -0.39 is 10.0 Å². The second-order valence-corrected chi connectivity index (χ2v) is 7.64. The molecule has 0 aliphatic heterocycles. The van der Waals surface area contributed by atoms with Crippen molar-refractivity contribution in [2.24, 2.45) is 5.14 Å². The number of ether oxygens (including phenoxy) is 1. The van der Waals surface area contributed by atoms with Crippen molar-refractivity contribution in [1.29, 1.82) is 0 Å². The number of nitrogens with one attached hydrogen (secondary N) is 1. The Hall–Kier alpha value is -2.56. The molecule has 8 nitrogen and oxygen atoms in total. The number of thiazole rings is 1. The molecule has 10 heteroatoms. The van der Waals surface area contributed by atoms with Crippen molar-refractivity contribution in [3.8, 4) is 16.3 Å². The van der Waals surface area contributed by atoms with Gasteiger partial charge in [-0.2, -0.15) is 4.98 Å². The van der Waals surface area contributed by atoms with E-state index in [0.717, 1.165) is 16.1 Å². The van der Waals surface area contributed by atoms with Crippen LogP contribution >= 0.6 is 11.3 Å². The van der Waals surface area contributed by atoms with Crippen molar-refractivity contribution in [3.05, 3.63) is 42.4 Å². The number of benzene rings is 1. The topological polar surface area (TPSA) is 120 Å². The van der Waals surface area contributed by atoms with Crippen LogP contribution < -0.4 is 15.2 Å². The fourth-order valence-corrected chi connectivity index (χ4v) is 3.62. The zero-order valence-corrected chi connectivity index (χ0v) is 15.1. The fourth-order valence-electron chi connectivity index (χ4n) is 2.13. The summed E-state index contributed by atoms with van der Waals surface area (Å²) in [5.41, 5.74) is 1.67. The first kappa shape index (κ1) is 17.3. The SMILES string of the molecule is COc1cncc(Nc2nc(C)c(-c3ccc(S(N)(=O)=O)cc3)s2)n1. The molecule has 0 aliphatic rings. The Morgan fingerprint density at radius 3 is 2.52 bits per heavy atom. The Morgan fingerprint density at radius 1 is 1.16 bits per heavy atom. The molecule has 0 radical (unpaired) electrons. The van der Waals surface area contributed by atoms with E-state index in [1.807, 2.05) is 6.92 Å². The third-order valence-corrected chi connectivity index (χ3v) is 5.35. The fraction of sp³-hybridized carbons (Fsp3) is 0.133. The number of hydrogen-bond acceptors (Lipinski definition) is 8. The van der Waals surface area contributed by atoms with Crippen molar-refractivity contribution in [3.63, 3.8) is 0 Å². The molecule has 130 valence electrons. The molecular weight excluding hydrogens is 362 g/mol. The number of methoxy groups -OCH3 is 1. The monoisotopic (exact) mass is 377 g/mol. The molecule has 0 bridgehead atoms. The minimum Gasteiger partial charge on any atom is -0.480 e. The highest BCUT2D eigenvalue weighted by Crippen LogP contribution is 2.34. The zero-order valence-electron chi connectivity index (χ0n) is 13.4. The molecule has 0 saturated carbocycles. The Morgan fingerprint density at radius 2 is 1.88 bits per heavy atom. The van der Waals surface area contributed by atoms with Gasteiger partial charge in [-0.15, -0.1) is 0 Å². The first-order valence-electron chi connectivity index (χ1n) is 7.10. The smallest absolute Gasteiger partial charge is 0.238 e. The van der Waals surface area contributed by atoms with Crippen LogP contribution in [0.5, 0.6) is 5.88 Å². The van der Waals surface area contributed by atoms with Crippen LogP contribution in [-0.2, 0) is 10.0 Å². The van der Waals surface area contributed by atoms with Crippen molar-refractivity contribution < 1.29 is 13.2 Å². The van der Waals surface area contributed by atoms with Crippen LogP contribution in [-0.4, -0.2) is 30.5 Å². The van der Waals surface area contributed by atoms with Crippen LogP contribution in [0.3, 0.4) is 0 Å². The summed E-state index contributed by atoms with van der Waals surface area (Å²) in [4.78, 5) is 13.7. The number of anilines is 2. The Labute approximate surface area is 148 Å². The van der Waals surface area contributed by atoms with E-state index in [0.29, 0.717) is 16.8 Å². The number of nitrogens with two attached hydrogens (primary N) is 1. The van der Waals surface area contributed by atoms with Gasteiger partial charge in [-0.1, -0.05) is 23.5 Å².